The van der Waals surface area contributed by atoms with Gasteiger partial charge in [0.2, 0.25) is 0 Å². The molecule has 4 heteroatoms. The second-order valence-electron chi connectivity index (χ2n) is 4.83. The molecule has 2 saturated heterocycles. The molecule has 2 fully saturated rings. The first kappa shape index (κ1) is 9.90. The van der Waals surface area contributed by atoms with E-state index in [2.05, 4.69) is 9.88 Å². The van der Waals surface area contributed by atoms with E-state index in [4.69, 9.17) is 5.73 Å². The number of pyridine rings is 1. The van der Waals surface area contributed by atoms with Crippen LogP contribution in [0.2, 0.25) is 0 Å². The van der Waals surface area contributed by atoms with E-state index in [0.29, 0.717) is 17.9 Å². The van der Waals surface area contributed by atoms with Crippen molar-refractivity contribution in [3.63, 3.8) is 0 Å². The standard InChI is InChI=1S/C12H17N3O/c13-12-11(2-1-5-14-12)15-8-3-4-9(15)7-10(16)6-8/h1-2,5,8-10,16H,3-4,6-7H2,(H2,13,14). The first-order valence-electron chi connectivity index (χ1n) is 5.92. The van der Waals surface area contributed by atoms with E-state index in [1.807, 2.05) is 12.1 Å². The third-order valence-electron chi connectivity index (χ3n) is 3.80. The Kier molecular flexibility index (Phi) is 2.24. The van der Waals surface area contributed by atoms with Crippen molar-refractivity contribution >= 4 is 11.5 Å². The Morgan fingerprint density at radius 3 is 2.62 bits per heavy atom. The number of piperidine rings is 1. The highest BCUT2D eigenvalue weighted by atomic mass is 16.3. The van der Waals surface area contributed by atoms with E-state index in [1.165, 1.54) is 0 Å². The molecule has 4 nitrogen and oxygen atoms in total. The minimum Gasteiger partial charge on any atom is -0.393 e. The summed E-state index contributed by atoms with van der Waals surface area (Å²) in [6.45, 7) is 0. The van der Waals surface area contributed by atoms with Crippen LogP contribution in [0.5, 0.6) is 0 Å². The lowest BCUT2D eigenvalue weighted by Crippen LogP contribution is -2.45. The highest BCUT2D eigenvalue weighted by molar-refractivity contribution is 5.65. The Bertz CT molecular complexity index is 382. The van der Waals surface area contributed by atoms with Crippen molar-refractivity contribution in [2.75, 3.05) is 10.6 Å². The number of hydrogen-bond donors (Lipinski definition) is 2. The molecule has 3 rings (SSSR count). The number of nitrogens with two attached hydrogens (primary N) is 1. The normalized spacial score (nSPS) is 33.1. The van der Waals surface area contributed by atoms with E-state index in [9.17, 15) is 5.11 Å². The predicted octanol–water partition coefficient (Wildman–Crippen LogP) is 1.16. The molecule has 0 spiro atoms. The van der Waals surface area contributed by atoms with Crippen molar-refractivity contribution in [1.29, 1.82) is 0 Å². The maximum absolute atomic E-state index is 9.75. The molecule has 0 radical (unpaired) electrons. The van der Waals surface area contributed by atoms with Gasteiger partial charge < -0.3 is 15.7 Å². The lowest BCUT2D eigenvalue weighted by atomic mass is 9.99. The Hall–Kier alpha value is -1.29. The number of rotatable bonds is 1. The Morgan fingerprint density at radius 2 is 2.00 bits per heavy atom. The quantitative estimate of drug-likeness (QED) is 0.744. The van der Waals surface area contributed by atoms with Gasteiger partial charge in [-0.2, -0.15) is 0 Å². The molecule has 1 aromatic rings. The number of aromatic nitrogens is 1. The number of fused-ring (bicyclic) bond motifs is 2. The van der Waals surface area contributed by atoms with Gasteiger partial charge in [0.05, 0.1) is 11.8 Å². The van der Waals surface area contributed by atoms with Crippen LogP contribution >= 0.6 is 0 Å². The third kappa shape index (κ3) is 1.45. The number of nitrogens with zero attached hydrogens (tertiary/aromatic N) is 2. The van der Waals surface area contributed by atoms with Gasteiger partial charge in [-0.25, -0.2) is 4.98 Å². The molecule has 3 heterocycles. The molecule has 2 bridgehead atoms. The van der Waals surface area contributed by atoms with Crippen molar-refractivity contribution in [3.8, 4) is 0 Å². The van der Waals surface area contributed by atoms with Gasteiger partial charge in [0.1, 0.15) is 5.82 Å². The van der Waals surface area contributed by atoms with Crippen LogP contribution < -0.4 is 10.6 Å². The Labute approximate surface area is 95.1 Å². The monoisotopic (exact) mass is 219 g/mol. The molecule has 0 saturated carbocycles. The van der Waals surface area contributed by atoms with Crippen LogP contribution in [0.25, 0.3) is 0 Å². The Morgan fingerprint density at radius 1 is 1.31 bits per heavy atom. The molecule has 2 atom stereocenters. The fraction of sp³-hybridized carbons (Fsp3) is 0.583. The van der Waals surface area contributed by atoms with E-state index >= 15 is 0 Å². The summed E-state index contributed by atoms with van der Waals surface area (Å²) in [7, 11) is 0. The molecule has 16 heavy (non-hydrogen) atoms. The highest BCUT2D eigenvalue weighted by Gasteiger charge is 2.40. The van der Waals surface area contributed by atoms with Crippen LogP contribution in [0.1, 0.15) is 25.7 Å². The molecule has 2 aliphatic heterocycles. The molecular weight excluding hydrogens is 202 g/mol. The van der Waals surface area contributed by atoms with Gasteiger partial charge in [0.25, 0.3) is 0 Å². The van der Waals surface area contributed by atoms with Gasteiger partial charge in [0, 0.05) is 18.3 Å². The minimum atomic E-state index is -0.133. The summed E-state index contributed by atoms with van der Waals surface area (Å²) in [5.41, 5.74) is 6.97. The van der Waals surface area contributed by atoms with Crippen LogP contribution in [0.15, 0.2) is 18.3 Å². The topological polar surface area (TPSA) is 62.4 Å². The molecule has 1 aromatic heterocycles. The van der Waals surface area contributed by atoms with Crippen molar-refractivity contribution in [1.82, 2.24) is 4.98 Å². The van der Waals surface area contributed by atoms with Gasteiger partial charge in [-0.3, -0.25) is 0 Å². The number of hydrogen-bond acceptors (Lipinski definition) is 4. The highest BCUT2D eigenvalue weighted by Crippen LogP contribution is 2.40. The molecule has 0 aliphatic carbocycles. The SMILES string of the molecule is Nc1ncccc1N1C2CCC1CC(O)C2. The van der Waals surface area contributed by atoms with Gasteiger partial charge in [-0.1, -0.05) is 0 Å². The number of aliphatic hydroxyl groups is 1. The van der Waals surface area contributed by atoms with Crippen LogP contribution in [-0.4, -0.2) is 28.3 Å². The summed E-state index contributed by atoms with van der Waals surface area (Å²) < 4.78 is 0. The van der Waals surface area contributed by atoms with Crippen molar-refractivity contribution in [2.45, 2.75) is 43.9 Å². The predicted molar refractivity (Wildman–Crippen MR) is 63.2 cm³/mol. The zero-order chi connectivity index (χ0) is 11.1. The van der Waals surface area contributed by atoms with E-state index in [-0.39, 0.29) is 6.10 Å². The van der Waals surface area contributed by atoms with Gasteiger partial charge in [-0.15, -0.1) is 0 Å². The lowest BCUT2D eigenvalue weighted by Gasteiger charge is -2.39. The van der Waals surface area contributed by atoms with Crippen LogP contribution in [0.3, 0.4) is 0 Å². The first-order valence-corrected chi connectivity index (χ1v) is 5.92. The summed E-state index contributed by atoms with van der Waals surface area (Å²) in [5, 5.41) is 9.75. The second kappa shape index (κ2) is 3.63. The van der Waals surface area contributed by atoms with E-state index in [1.54, 1.807) is 6.20 Å². The maximum atomic E-state index is 9.75. The van der Waals surface area contributed by atoms with Gasteiger partial charge >= 0.3 is 0 Å². The molecule has 0 amide bonds. The van der Waals surface area contributed by atoms with E-state index in [0.717, 1.165) is 31.4 Å². The number of aliphatic hydroxyl groups excluding tert-OH is 1. The molecule has 3 N–H and O–H groups in total. The summed E-state index contributed by atoms with van der Waals surface area (Å²) in [5.74, 6) is 0.607. The fourth-order valence-electron chi connectivity index (χ4n) is 3.17. The molecular formula is C12H17N3O. The first-order chi connectivity index (χ1) is 7.75. The smallest absolute Gasteiger partial charge is 0.146 e. The number of anilines is 2. The van der Waals surface area contributed by atoms with Crippen LogP contribution in [-0.2, 0) is 0 Å². The zero-order valence-electron chi connectivity index (χ0n) is 9.21. The third-order valence-corrected chi connectivity index (χ3v) is 3.80. The molecule has 0 aromatic carbocycles. The van der Waals surface area contributed by atoms with Crippen molar-refractivity contribution in [2.24, 2.45) is 0 Å². The minimum absolute atomic E-state index is 0.133. The van der Waals surface area contributed by atoms with Gasteiger partial charge in [-0.05, 0) is 37.8 Å². The molecule has 2 aliphatic rings. The van der Waals surface area contributed by atoms with Crippen LogP contribution in [0.4, 0.5) is 11.5 Å². The summed E-state index contributed by atoms with van der Waals surface area (Å²) in [6, 6.07) is 4.85. The Balaban J connectivity index is 1.94. The molecule has 86 valence electrons. The average molecular weight is 219 g/mol. The second-order valence-corrected chi connectivity index (χ2v) is 4.83. The maximum Gasteiger partial charge on any atom is 0.146 e. The van der Waals surface area contributed by atoms with Crippen molar-refractivity contribution < 1.29 is 5.11 Å². The zero-order valence-corrected chi connectivity index (χ0v) is 9.21. The average Bonchev–Trinajstić information content (AvgIpc) is 2.53. The van der Waals surface area contributed by atoms with E-state index < -0.39 is 0 Å². The largest absolute Gasteiger partial charge is 0.393 e. The fourth-order valence-corrected chi connectivity index (χ4v) is 3.17. The summed E-state index contributed by atoms with van der Waals surface area (Å²) in [4.78, 5) is 6.51. The van der Waals surface area contributed by atoms with Gasteiger partial charge in [0.15, 0.2) is 0 Å². The number of nitrogen functional groups attached to an aromatic ring is 1. The van der Waals surface area contributed by atoms with Crippen LogP contribution in [0, 0.1) is 0 Å². The molecule has 2 unspecified atom stereocenters. The lowest BCUT2D eigenvalue weighted by molar-refractivity contribution is 0.126. The van der Waals surface area contributed by atoms with Crippen molar-refractivity contribution in [3.05, 3.63) is 18.3 Å². The summed E-state index contributed by atoms with van der Waals surface area (Å²) >= 11 is 0. The summed E-state index contributed by atoms with van der Waals surface area (Å²) in [6.07, 6.45) is 5.65.